The number of anilines is 1. The van der Waals surface area contributed by atoms with E-state index in [2.05, 4.69) is 60.8 Å². The number of nitrogens with zero attached hydrogens (tertiary/aromatic N) is 2. The fraction of sp³-hybridized carbons (Fsp3) is 0.600. The summed E-state index contributed by atoms with van der Waals surface area (Å²) >= 11 is 0. The number of nitrogens with one attached hydrogen (secondary N) is 3. The van der Waals surface area contributed by atoms with Gasteiger partial charge in [0.15, 0.2) is 5.96 Å². The highest BCUT2D eigenvalue weighted by atomic mass is 127. The summed E-state index contributed by atoms with van der Waals surface area (Å²) in [5, 5.41) is 10.1. The van der Waals surface area contributed by atoms with Crippen molar-refractivity contribution in [1.82, 2.24) is 16.0 Å². The normalized spacial score (nSPS) is 14.9. The van der Waals surface area contributed by atoms with E-state index in [0.29, 0.717) is 13.0 Å². The van der Waals surface area contributed by atoms with Crippen molar-refractivity contribution in [1.29, 1.82) is 0 Å². The Bertz CT molecular complexity index is 610. The Morgan fingerprint density at radius 3 is 2.41 bits per heavy atom. The third-order valence-electron chi connectivity index (χ3n) is 4.16. The van der Waals surface area contributed by atoms with Crippen LogP contribution in [0.1, 0.15) is 46.1 Å². The minimum Gasteiger partial charge on any atom is -0.357 e. The molecule has 0 spiro atoms. The molecule has 1 heterocycles. The van der Waals surface area contributed by atoms with Gasteiger partial charge in [0.1, 0.15) is 0 Å². The number of rotatable bonds is 7. The molecule has 1 saturated heterocycles. The SMILES string of the molecule is CCNC(=NCc1ccc(N2CCCC2=O)cc1)NCCNC(C)(C)C.I. The molecule has 1 aliphatic heterocycles. The minimum absolute atomic E-state index is 0. The highest BCUT2D eigenvalue weighted by Crippen LogP contribution is 2.21. The molecule has 0 radical (unpaired) electrons. The second kappa shape index (κ2) is 11.5. The van der Waals surface area contributed by atoms with Gasteiger partial charge in [0.05, 0.1) is 6.54 Å². The molecule has 1 amide bonds. The Hall–Kier alpha value is -1.35. The summed E-state index contributed by atoms with van der Waals surface area (Å²) in [6.45, 7) is 12.5. The molecule has 0 aliphatic carbocycles. The van der Waals surface area contributed by atoms with Gasteiger partial charge in [-0.2, -0.15) is 0 Å². The molecular weight excluding hydrogens is 453 g/mol. The van der Waals surface area contributed by atoms with E-state index >= 15 is 0 Å². The monoisotopic (exact) mass is 487 g/mol. The van der Waals surface area contributed by atoms with Crippen molar-refractivity contribution in [2.24, 2.45) is 4.99 Å². The van der Waals surface area contributed by atoms with Crippen LogP contribution >= 0.6 is 24.0 Å². The molecule has 1 aromatic carbocycles. The number of halogens is 1. The van der Waals surface area contributed by atoms with Crippen molar-refractivity contribution in [3.8, 4) is 0 Å². The van der Waals surface area contributed by atoms with Crippen molar-refractivity contribution in [2.45, 2.75) is 52.6 Å². The number of amides is 1. The highest BCUT2D eigenvalue weighted by Gasteiger charge is 2.21. The van der Waals surface area contributed by atoms with Crippen LogP contribution in [0.2, 0.25) is 0 Å². The van der Waals surface area contributed by atoms with Crippen molar-refractivity contribution >= 4 is 41.5 Å². The summed E-state index contributed by atoms with van der Waals surface area (Å²) in [6, 6.07) is 8.13. The fourth-order valence-electron chi connectivity index (χ4n) is 2.83. The summed E-state index contributed by atoms with van der Waals surface area (Å²) in [4.78, 5) is 18.3. The third-order valence-corrected chi connectivity index (χ3v) is 4.16. The lowest BCUT2D eigenvalue weighted by atomic mass is 10.1. The first kappa shape index (κ1) is 23.7. The molecule has 0 atom stereocenters. The molecule has 152 valence electrons. The second-order valence-electron chi connectivity index (χ2n) is 7.61. The Balaban J connectivity index is 0.00000364. The van der Waals surface area contributed by atoms with Gasteiger partial charge in [0.2, 0.25) is 5.91 Å². The van der Waals surface area contributed by atoms with Crippen LogP contribution in [0.25, 0.3) is 0 Å². The van der Waals surface area contributed by atoms with Gasteiger partial charge in [0, 0.05) is 43.8 Å². The molecule has 27 heavy (non-hydrogen) atoms. The topological polar surface area (TPSA) is 68.8 Å². The average molecular weight is 487 g/mol. The Morgan fingerprint density at radius 2 is 1.85 bits per heavy atom. The van der Waals surface area contributed by atoms with E-state index < -0.39 is 0 Å². The number of hydrogen-bond donors (Lipinski definition) is 3. The van der Waals surface area contributed by atoms with Gasteiger partial charge in [0.25, 0.3) is 0 Å². The fourth-order valence-corrected chi connectivity index (χ4v) is 2.83. The molecular formula is C20H34IN5O. The van der Waals surface area contributed by atoms with Gasteiger partial charge in [-0.15, -0.1) is 24.0 Å². The van der Waals surface area contributed by atoms with Crippen molar-refractivity contribution in [3.05, 3.63) is 29.8 Å². The molecule has 3 N–H and O–H groups in total. The highest BCUT2D eigenvalue weighted by molar-refractivity contribution is 14.0. The number of hydrogen-bond acceptors (Lipinski definition) is 3. The largest absolute Gasteiger partial charge is 0.357 e. The molecule has 0 aromatic heterocycles. The van der Waals surface area contributed by atoms with Gasteiger partial charge in [-0.05, 0) is 51.8 Å². The van der Waals surface area contributed by atoms with Crippen LogP contribution in [0, 0.1) is 0 Å². The van der Waals surface area contributed by atoms with E-state index in [-0.39, 0.29) is 35.4 Å². The van der Waals surface area contributed by atoms with Crippen LogP contribution in [-0.4, -0.2) is 43.6 Å². The first-order valence-corrected chi connectivity index (χ1v) is 9.55. The summed E-state index contributed by atoms with van der Waals surface area (Å²) in [7, 11) is 0. The maximum Gasteiger partial charge on any atom is 0.227 e. The van der Waals surface area contributed by atoms with Gasteiger partial charge < -0.3 is 20.9 Å². The van der Waals surface area contributed by atoms with Gasteiger partial charge in [-0.1, -0.05) is 12.1 Å². The second-order valence-corrected chi connectivity index (χ2v) is 7.61. The zero-order chi connectivity index (χ0) is 19.0. The standard InChI is InChI=1S/C20H33N5O.HI/c1-5-21-19(22-12-13-24-20(2,3)4)23-15-16-8-10-17(11-9-16)25-14-6-7-18(25)26;/h8-11,24H,5-7,12-15H2,1-4H3,(H2,21,22,23);1H. The lowest BCUT2D eigenvalue weighted by molar-refractivity contribution is -0.117. The summed E-state index contributed by atoms with van der Waals surface area (Å²) in [5.41, 5.74) is 2.24. The van der Waals surface area contributed by atoms with Crippen LogP contribution in [0.5, 0.6) is 0 Å². The molecule has 0 unspecified atom stereocenters. The van der Waals surface area contributed by atoms with E-state index in [1.165, 1.54) is 0 Å². The van der Waals surface area contributed by atoms with E-state index in [1.807, 2.05) is 17.0 Å². The zero-order valence-corrected chi connectivity index (χ0v) is 19.3. The first-order valence-electron chi connectivity index (χ1n) is 9.55. The smallest absolute Gasteiger partial charge is 0.227 e. The number of aliphatic imine (C=N–C) groups is 1. The molecule has 7 heteroatoms. The van der Waals surface area contributed by atoms with E-state index in [0.717, 1.165) is 49.8 Å². The van der Waals surface area contributed by atoms with Crippen LogP contribution in [-0.2, 0) is 11.3 Å². The molecule has 6 nitrogen and oxygen atoms in total. The molecule has 2 rings (SSSR count). The number of carbonyl (C=O) groups is 1. The summed E-state index contributed by atoms with van der Waals surface area (Å²) in [5.74, 6) is 1.04. The molecule has 1 fully saturated rings. The number of benzene rings is 1. The van der Waals surface area contributed by atoms with E-state index in [1.54, 1.807) is 0 Å². The maximum absolute atomic E-state index is 11.8. The average Bonchev–Trinajstić information content (AvgIpc) is 3.02. The van der Waals surface area contributed by atoms with Gasteiger partial charge in [-0.3, -0.25) is 4.79 Å². The predicted molar refractivity (Wildman–Crippen MR) is 124 cm³/mol. The van der Waals surface area contributed by atoms with Crippen LogP contribution < -0.4 is 20.9 Å². The molecule has 1 aliphatic rings. The molecule has 1 aromatic rings. The summed E-state index contributed by atoms with van der Waals surface area (Å²) < 4.78 is 0. The van der Waals surface area contributed by atoms with Crippen LogP contribution in [0.4, 0.5) is 5.69 Å². The van der Waals surface area contributed by atoms with Crippen molar-refractivity contribution in [3.63, 3.8) is 0 Å². The Kier molecular flexibility index (Phi) is 10.1. The van der Waals surface area contributed by atoms with E-state index in [9.17, 15) is 4.79 Å². The lowest BCUT2D eigenvalue weighted by Gasteiger charge is -2.21. The first-order chi connectivity index (χ1) is 12.4. The quantitative estimate of drug-likeness (QED) is 0.240. The zero-order valence-electron chi connectivity index (χ0n) is 17.0. The molecule has 0 bridgehead atoms. The van der Waals surface area contributed by atoms with Crippen LogP contribution in [0.15, 0.2) is 29.3 Å². The molecule has 0 saturated carbocycles. The number of carbonyl (C=O) groups excluding carboxylic acids is 1. The number of guanidine groups is 1. The minimum atomic E-state index is 0. The van der Waals surface area contributed by atoms with Crippen molar-refractivity contribution in [2.75, 3.05) is 31.1 Å². The lowest BCUT2D eigenvalue weighted by Crippen LogP contribution is -2.44. The van der Waals surface area contributed by atoms with Gasteiger partial charge in [-0.25, -0.2) is 4.99 Å². The van der Waals surface area contributed by atoms with Gasteiger partial charge >= 0.3 is 0 Å². The summed E-state index contributed by atoms with van der Waals surface area (Å²) in [6.07, 6.45) is 1.61. The third kappa shape index (κ3) is 8.47. The predicted octanol–water partition coefficient (Wildman–Crippen LogP) is 2.87. The Labute approximate surface area is 180 Å². The van der Waals surface area contributed by atoms with Crippen molar-refractivity contribution < 1.29 is 4.79 Å². The maximum atomic E-state index is 11.8. The van der Waals surface area contributed by atoms with Crippen LogP contribution in [0.3, 0.4) is 0 Å². The van der Waals surface area contributed by atoms with E-state index in [4.69, 9.17) is 0 Å². The Morgan fingerprint density at radius 1 is 1.15 bits per heavy atom.